The van der Waals surface area contributed by atoms with Crippen molar-refractivity contribution in [3.05, 3.63) is 71.8 Å². The highest BCUT2D eigenvalue weighted by molar-refractivity contribution is 6.07. The van der Waals surface area contributed by atoms with Crippen molar-refractivity contribution < 1.29 is 14.4 Å². The van der Waals surface area contributed by atoms with Gasteiger partial charge in [0.1, 0.15) is 5.54 Å². The minimum Gasteiger partial charge on any atom is -0.342 e. The predicted molar refractivity (Wildman–Crippen MR) is 140 cm³/mol. The van der Waals surface area contributed by atoms with Gasteiger partial charge in [-0.15, -0.1) is 0 Å². The van der Waals surface area contributed by atoms with Gasteiger partial charge in [0, 0.05) is 26.2 Å². The van der Waals surface area contributed by atoms with Crippen molar-refractivity contribution in [3.8, 4) is 0 Å². The molecule has 2 atom stereocenters. The Morgan fingerprint density at radius 2 is 1.64 bits per heavy atom. The number of carbonyl (C=O) groups excluding carboxylic acids is 3. The van der Waals surface area contributed by atoms with Crippen LogP contribution in [0, 0.1) is 5.92 Å². The summed E-state index contributed by atoms with van der Waals surface area (Å²) in [5, 5.41) is 3.14. The zero-order valence-electron chi connectivity index (χ0n) is 21.7. The topological polar surface area (TPSA) is 73.0 Å². The van der Waals surface area contributed by atoms with Crippen LogP contribution in [0.5, 0.6) is 0 Å². The van der Waals surface area contributed by atoms with Crippen molar-refractivity contribution in [3.63, 3.8) is 0 Å². The third kappa shape index (κ3) is 5.46. The lowest BCUT2D eigenvalue weighted by atomic mass is 9.74. The number of imide groups is 1. The predicted octanol–water partition coefficient (Wildman–Crippen LogP) is 3.51. The van der Waals surface area contributed by atoms with Gasteiger partial charge >= 0.3 is 6.03 Å². The Morgan fingerprint density at radius 3 is 2.25 bits per heavy atom. The first-order valence-corrected chi connectivity index (χ1v) is 13.0. The van der Waals surface area contributed by atoms with Crippen LogP contribution in [0.3, 0.4) is 0 Å². The van der Waals surface area contributed by atoms with E-state index in [1.165, 1.54) is 4.90 Å². The number of amides is 4. The smallest absolute Gasteiger partial charge is 0.325 e. The maximum absolute atomic E-state index is 13.8. The quantitative estimate of drug-likeness (QED) is 0.546. The van der Waals surface area contributed by atoms with Crippen LogP contribution in [-0.2, 0) is 16.0 Å². The third-order valence-electron chi connectivity index (χ3n) is 7.80. The van der Waals surface area contributed by atoms with Crippen LogP contribution in [0.15, 0.2) is 60.7 Å². The maximum Gasteiger partial charge on any atom is 0.325 e. The summed E-state index contributed by atoms with van der Waals surface area (Å²) >= 11 is 0. The van der Waals surface area contributed by atoms with Crippen molar-refractivity contribution in [1.29, 1.82) is 0 Å². The van der Waals surface area contributed by atoms with E-state index in [4.69, 9.17) is 0 Å². The molecule has 0 radical (unpaired) electrons. The zero-order valence-corrected chi connectivity index (χ0v) is 21.7. The summed E-state index contributed by atoms with van der Waals surface area (Å²) in [6, 6.07) is 19.6. The number of nitrogens with zero attached hydrogens (tertiary/aromatic N) is 3. The molecule has 2 heterocycles. The van der Waals surface area contributed by atoms with E-state index >= 15 is 0 Å². The average Bonchev–Trinajstić information content (AvgIpc) is 3.15. The summed E-state index contributed by atoms with van der Waals surface area (Å²) in [4.78, 5) is 45.3. The standard InChI is InChI=1S/C29H38N4O3/c1-22(24-12-8-5-9-13-24)26(34)32-18-15-25(16-19-32)29(17-14-23-10-6-4-7-11-23)27(35)33(28(36)30-29)21-20-31(2)3/h4-13,22,25H,14-21H2,1-3H3,(H,30,36)/t22-,29-/m0/s1. The number of carbonyl (C=O) groups is 3. The van der Waals surface area contributed by atoms with E-state index in [1.807, 2.05) is 79.3 Å². The molecule has 0 bridgehead atoms. The lowest BCUT2D eigenvalue weighted by molar-refractivity contribution is -0.137. The van der Waals surface area contributed by atoms with Gasteiger partial charge in [-0.3, -0.25) is 14.5 Å². The Balaban J connectivity index is 1.49. The van der Waals surface area contributed by atoms with E-state index in [0.29, 0.717) is 51.9 Å². The molecule has 7 nitrogen and oxygen atoms in total. The molecule has 36 heavy (non-hydrogen) atoms. The summed E-state index contributed by atoms with van der Waals surface area (Å²) in [6.07, 6.45) is 2.64. The molecule has 192 valence electrons. The Kier molecular flexibility index (Phi) is 8.09. The van der Waals surface area contributed by atoms with Gasteiger partial charge in [0.25, 0.3) is 5.91 Å². The molecule has 1 N–H and O–H groups in total. The Bertz CT molecular complexity index is 1050. The second-order valence-corrected chi connectivity index (χ2v) is 10.4. The van der Waals surface area contributed by atoms with Crippen LogP contribution in [0.2, 0.25) is 0 Å². The van der Waals surface area contributed by atoms with E-state index in [0.717, 1.165) is 11.1 Å². The fourth-order valence-electron chi connectivity index (χ4n) is 5.54. The van der Waals surface area contributed by atoms with Crippen LogP contribution in [0.1, 0.15) is 43.2 Å². The molecule has 4 rings (SSSR count). The summed E-state index contributed by atoms with van der Waals surface area (Å²) in [6.45, 7) is 4.13. The minimum atomic E-state index is -0.931. The highest BCUT2D eigenvalue weighted by atomic mass is 16.2. The molecule has 4 amide bonds. The van der Waals surface area contributed by atoms with E-state index in [2.05, 4.69) is 17.4 Å². The number of hydrogen-bond acceptors (Lipinski definition) is 4. The third-order valence-corrected chi connectivity index (χ3v) is 7.80. The van der Waals surface area contributed by atoms with Crippen molar-refractivity contribution in [2.45, 2.75) is 44.1 Å². The number of nitrogens with one attached hydrogen (secondary N) is 1. The summed E-state index contributed by atoms with van der Waals surface area (Å²) < 4.78 is 0. The molecule has 2 aromatic carbocycles. The van der Waals surface area contributed by atoms with Gasteiger partial charge in [-0.1, -0.05) is 60.7 Å². The van der Waals surface area contributed by atoms with Gasteiger partial charge in [-0.25, -0.2) is 4.79 Å². The minimum absolute atomic E-state index is 0.0156. The van der Waals surface area contributed by atoms with Crippen molar-refractivity contribution >= 4 is 17.8 Å². The monoisotopic (exact) mass is 490 g/mol. The first kappa shape index (κ1) is 25.9. The Hall–Kier alpha value is -3.19. The molecule has 0 saturated carbocycles. The molecule has 2 aliphatic rings. The van der Waals surface area contributed by atoms with Crippen molar-refractivity contribution in [1.82, 2.24) is 20.0 Å². The van der Waals surface area contributed by atoms with E-state index in [1.54, 1.807) is 0 Å². The second kappa shape index (κ2) is 11.2. The molecule has 2 saturated heterocycles. The first-order valence-electron chi connectivity index (χ1n) is 13.0. The highest BCUT2D eigenvalue weighted by Crippen LogP contribution is 2.37. The number of benzene rings is 2. The molecule has 2 aromatic rings. The average molecular weight is 491 g/mol. The number of rotatable bonds is 9. The van der Waals surface area contributed by atoms with Crippen LogP contribution in [0.4, 0.5) is 4.79 Å². The van der Waals surface area contributed by atoms with Gasteiger partial charge in [0.05, 0.1) is 5.92 Å². The van der Waals surface area contributed by atoms with Crippen LogP contribution >= 0.6 is 0 Å². The van der Waals surface area contributed by atoms with Crippen LogP contribution in [-0.4, -0.2) is 78.4 Å². The SMILES string of the molecule is C[C@H](C(=O)N1CCC([C@]2(CCc3ccccc3)NC(=O)N(CCN(C)C)C2=O)CC1)c1ccccc1. The number of hydrogen-bond donors (Lipinski definition) is 1. The molecule has 2 fully saturated rings. The number of urea groups is 1. The fraction of sp³-hybridized carbons (Fsp3) is 0.483. The Morgan fingerprint density at radius 1 is 1.03 bits per heavy atom. The normalized spacial score (nSPS) is 21.7. The number of aryl methyl sites for hydroxylation is 1. The van der Waals surface area contributed by atoms with E-state index < -0.39 is 5.54 Å². The van der Waals surface area contributed by atoms with E-state index in [9.17, 15) is 14.4 Å². The second-order valence-electron chi connectivity index (χ2n) is 10.4. The van der Waals surface area contributed by atoms with Crippen LogP contribution < -0.4 is 5.32 Å². The Labute approximate surface area is 214 Å². The van der Waals surface area contributed by atoms with Gasteiger partial charge in [-0.2, -0.15) is 0 Å². The maximum atomic E-state index is 13.8. The van der Waals surface area contributed by atoms with E-state index in [-0.39, 0.29) is 29.7 Å². The molecule has 2 aliphatic heterocycles. The molecular weight excluding hydrogens is 452 g/mol. The van der Waals surface area contributed by atoms with Crippen LogP contribution in [0.25, 0.3) is 0 Å². The summed E-state index contributed by atoms with van der Waals surface area (Å²) in [5.41, 5.74) is 1.23. The van der Waals surface area contributed by atoms with Gasteiger partial charge in [-0.05, 0) is 63.7 Å². The first-order chi connectivity index (χ1) is 17.3. The van der Waals surface area contributed by atoms with Crippen molar-refractivity contribution in [2.24, 2.45) is 5.92 Å². The molecule has 0 unspecified atom stereocenters. The summed E-state index contributed by atoms with van der Waals surface area (Å²) in [5.74, 6) is -0.220. The molecule has 0 aliphatic carbocycles. The largest absolute Gasteiger partial charge is 0.342 e. The number of likely N-dealkylation sites (tertiary alicyclic amines) is 1. The molecular formula is C29H38N4O3. The molecule has 0 aromatic heterocycles. The number of piperidine rings is 1. The molecule has 7 heteroatoms. The fourth-order valence-corrected chi connectivity index (χ4v) is 5.54. The van der Waals surface area contributed by atoms with Gasteiger partial charge in [0.15, 0.2) is 0 Å². The van der Waals surface area contributed by atoms with Crippen molar-refractivity contribution in [2.75, 3.05) is 40.3 Å². The van der Waals surface area contributed by atoms with Gasteiger partial charge in [0.2, 0.25) is 5.91 Å². The lowest BCUT2D eigenvalue weighted by Crippen LogP contribution is -2.57. The summed E-state index contributed by atoms with van der Waals surface area (Å²) in [7, 11) is 3.87. The highest BCUT2D eigenvalue weighted by Gasteiger charge is 2.55. The lowest BCUT2D eigenvalue weighted by Gasteiger charge is -2.41. The molecule has 0 spiro atoms. The van der Waals surface area contributed by atoms with Gasteiger partial charge < -0.3 is 15.1 Å². The zero-order chi connectivity index (χ0) is 25.7. The number of likely N-dealkylation sites (N-methyl/N-ethyl adjacent to an activating group) is 1.